The summed E-state index contributed by atoms with van der Waals surface area (Å²) in [6.07, 6.45) is 0.426. The molecule has 1 fully saturated rings. The van der Waals surface area contributed by atoms with Crippen molar-refractivity contribution in [2.75, 3.05) is 25.1 Å². The molecule has 1 saturated heterocycles. The fourth-order valence-electron chi connectivity index (χ4n) is 2.30. The minimum absolute atomic E-state index is 0.0643. The van der Waals surface area contributed by atoms with Gasteiger partial charge in [0.1, 0.15) is 5.75 Å². The SMILES string of the molecule is COc1ccc(C)c(N2CC(CN=[N+]=[N-])CC2=O)c1. The first kappa shape index (κ1) is 13.2. The van der Waals surface area contributed by atoms with E-state index in [2.05, 4.69) is 10.0 Å². The molecule has 1 aliphatic rings. The van der Waals surface area contributed by atoms with Crippen LogP contribution in [0.25, 0.3) is 10.4 Å². The van der Waals surface area contributed by atoms with E-state index in [1.807, 2.05) is 25.1 Å². The van der Waals surface area contributed by atoms with Crippen LogP contribution in [0.15, 0.2) is 23.3 Å². The number of hydrogen-bond acceptors (Lipinski definition) is 3. The van der Waals surface area contributed by atoms with Gasteiger partial charge >= 0.3 is 0 Å². The molecule has 19 heavy (non-hydrogen) atoms. The van der Waals surface area contributed by atoms with Crippen LogP contribution in [-0.4, -0.2) is 26.1 Å². The Hall–Kier alpha value is -2.20. The van der Waals surface area contributed by atoms with Gasteiger partial charge in [-0.3, -0.25) is 4.79 Å². The van der Waals surface area contributed by atoms with Gasteiger partial charge in [-0.2, -0.15) is 0 Å². The zero-order valence-corrected chi connectivity index (χ0v) is 11.0. The number of ether oxygens (including phenoxy) is 1. The Morgan fingerprint density at radius 1 is 1.58 bits per heavy atom. The highest BCUT2D eigenvalue weighted by molar-refractivity contribution is 5.96. The molecule has 1 unspecified atom stereocenters. The molecule has 1 atom stereocenters. The third-order valence-corrected chi connectivity index (χ3v) is 3.32. The van der Waals surface area contributed by atoms with Gasteiger partial charge in [-0.25, -0.2) is 0 Å². The predicted molar refractivity (Wildman–Crippen MR) is 72.2 cm³/mol. The smallest absolute Gasteiger partial charge is 0.227 e. The van der Waals surface area contributed by atoms with E-state index in [1.165, 1.54) is 0 Å². The van der Waals surface area contributed by atoms with Crippen molar-refractivity contribution in [2.45, 2.75) is 13.3 Å². The number of amides is 1. The number of aryl methyl sites for hydroxylation is 1. The zero-order valence-electron chi connectivity index (χ0n) is 11.0. The fraction of sp³-hybridized carbons (Fsp3) is 0.462. The largest absolute Gasteiger partial charge is 0.497 e. The highest BCUT2D eigenvalue weighted by Crippen LogP contribution is 2.31. The van der Waals surface area contributed by atoms with Crippen LogP contribution in [0, 0.1) is 12.8 Å². The molecule has 0 spiro atoms. The Kier molecular flexibility index (Phi) is 3.92. The lowest BCUT2D eigenvalue weighted by molar-refractivity contribution is -0.117. The molecular weight excluding hydrogens is 244 g/mol. The number of carbonyl (C=O) groups is 1. The van der Waals surface area contributed by atoms with Crippen molar-refractivity contribution < 1.29 is 9.53 Å². The van der Waals surface area contributed by atoms with Crippen LogP contribution < -0.4 is 9.64 Å². The monoisotopic (exact) mass is 260 g/mol. The van der Waals surface area contributed by atoms with Crippen molar-refractivity contribution in [1.29, 1.82) is 0 Å². The van der Waals surface area contributed by atoms with Crippen molar-refractivity contribution in [3.63, 3.8) is 0 Å². The van der Waals surface area contributed by atoms with E-state index in [1.54, 1.807) is 12.0 Å². The van der Waals surface area contributed by atoms with Crippen LogP contribution >= 0.6 is 0 Å². The molecule has 1 amide bonds. The van der Waals surface area contributed by atoms with Crippen LogP contribution in [0.2, 0.25) is 0 Å². The second kappa shape index (κ2) is 5.63. The van der Waals surface area contributed by atoms with Crippen molar-refractivity contribution in [1.82, 2.24) is 0 Å². The topological polar surface area (TPSA) is 78.3 Å². The number of carbonyl (C=O) groups excluding carboxylic acids is 1. The molecule has 1 aromatic carbocycles. The van der Waals surface area contributed by atoms with Crippen LogP contribution in [0.3, 0.4) is 0 Å². The summed E-state index contributed by atoms with van der Waals surface area (Å²) in [4.78, 5) is 16.5. The summed E-state index contributed by atoms with van der Waals surface area (Å²) < 4.78 is 5.19. The van der Waals surface area contributed by atoms with E-state index >= 15 is 0 Å². The normalized spacial score (nSPS) is 18.3. The van der Waals surface area contributed by atoms with E-state index in [0.717, 1.165) is 17.0 Å². The van der Waals surface area contributed by atoms with Crippen LogP contribution in [-0.2, 0) is 4.79 Å². The lowest BCUT2D eigenvalue weighted by atomic mass is 10.1. The molecule has 1 heterocycles. The molecule has 1 aliphatic heterocycles. The molecule has 0 saturated carbocycles. The first-order valence-corrected chi connectivity index (χ1v) is 6.11. The van der Waals surface area contributed by atoms with Crippen molar-refractivity contribution in [3.8, 4) is 5.75 Å². The van der Waals surface area contributed by atoms with Crippen LogP contribution in [0.4, 0.5) is 5.69 Å². The van der Waals surface area contributed by atoms with E-state index in [-0.39, 0.29) is 11.8 Å². The van der Waals surface area contributed by atoms with Gasteiger partial charge in [0.05, 0.1) is 12.8 Å². The highest BCUT2D eigenvalue weighted by Gasteiger charge is 2.30. The Bertz CT molecular complexity index is 537. The molecule has 100 valence electrons. The molecule has 6 heteroatoms. The van der Waals surface area contributed by atoms with E-state index in [4.69, 9.17) is 10.3 Å². The summed E-state index contributed by atoms with van der Waals surface area (Å²) in [5, 5.41) is 3.55. The summed E-state index contributed by atoms with van der Waals surface area (Å²) in [5.41, 5.74) is 10.2. The third-order valence-electron chi connectivity index (χ3n) is 3.32. The first-order chi connectivity index (χ1) is 9.15. The Labute approximate surface area is 111 Å². The average molecular weight is 260 g/mol. The number of methoxy groups -OCH3 is 1. The standard InChI is InChI=1S/C13H16N4O2/c1-9-3-4-11(19-2)6-12(9)17-8-10(5-13(17)18)7-15-16-14/h3-4,6,10H,5,7-8H2,1-2H3. The van der Waals surface area contributed by atoms with Crippen LogP contribution in [0.1, 0.15) is 12.0 Å². The number of nitrogens with zero attached hydrogens (tertiary/aromatic N) is 4. The molecule has 0 aliphatic carbocycles. The summed E-state index contributed by atoms with van der Waals surface area (Å²) in [6, 6.07) is 5.67. The van der Waals surface area contributed by atoms with Gasteiger partial charge in [0.2, 0.25) is 5.91 Å². The molecule has 0 bridgehead atoms. The number of rotatable bonds is 4. The Balaban J connectivity index is 2.22. The van der Waals surface area contributed by atoms with Gasteiger partial charge in [-0.05, 0) is 30.0 Å². The molecule has 1 aromatic rings. The van der Waals surface area contributed by atoms with Gasteiger partial charge in [0.25, 0.3) is 0 Å². The average Bonchev–Trinajstić information content (AvgIpc) is 2.78. The number of benzene rings is 1. The molecular formula is C13H16N4O2. The fourth-order valence-corrected chi connectivity index (χ4v) is 2.30. The third kappa shape index (κ3) is 2.80. The van der Waals surface area contributed by atoms with Gasteiger partial charge in [0, 0.05) is 30.5 Å². The number of hydrogen-bond donors (Lipinski definition) is 0. The maximum absolute atomic E-state index is 12.1. The summed E-state index contributed by atoms with van der Waals surface area (Å²) >= 11 is 0. The number of anilines is 1. The molecule has 0 N–H and O–H groups in total. The van der Waals surface area contributed by atoms with Crippen molar-refractivity contribution >= 4 is 11.6 Å². The molecule has 0 aromatic heterocycles. The Morgan fingerprint density at radius 3 is 3.05 bits per heavy atom. The second-order valence-corrected chi connectivity index (χ2v) is 4.64. The van der Waals surface area contributed by atoms with Gasteiger partial charge in [-0.1, -0.05) is 11.2 Å². The predicted octanol–water partition coefficient (Wildman–Crippen LogP) is 2.67. The van der Waals surface area contributed by atoms with E-state index in [0.29, 0.717) is 19.5 Å². The van der Waals surface area contributed by atoms with Gasteiger partial charge in [0.15, 0.2) is 0 Å². The van der Waals surface area contributed by atoms with Gasteiger partial charge < -0.3 is 9.64 Å². The molecule has 2 rings (SSSR count). The minimum atomic E-state index is 0.0643. The lowest BCUT2D eigenvalue weighted by Crippen LogP contribution is -2.25. The van der Waals surface area contributed by atoms with Gasteiger partial charge in [-0.15, -0.1) is 0 Å². The Morgan fingerprint density at radius 2 is 2.37 bits per heavy atom. The molecule has 6 nitrogen and oxygen atoms in total. The molecule has 0 radical (unpaired) electrons. The van der Waals surface area contributed by atoms with E-state index < -0.39 is 0 Å². The quantitative estimate of drug-likeness (QED) is 0.474. The van der Waals surface area contributed by atoms with Crippen LogP contribution in [0.5, 0.6) is 5.75 Å². The summed E-state index contributed by atoms with van der Waals surface area (Å²) in [6.45, 7) is 2.91. The number of azide groups is 1. The highest BCUT2D eigenvalue weighted by atomic mass is 16.5. The van der Waals surface area contributed by atoms with Crippen molar-refractivity contribution in [3.05, 3.63) is 34.2 Å². The maximum Gasteiger partial charge on any atom is 0.227 e. The lowest BCUT2D eigenvalue weighted by Gasteiger charge is -2.19. The van der Waals surface area contributed by atoms with Crippen molar-refractivity contribution in [2.24, 2.45) is 11.0 Å². The summed E-state index contributed by atoms with van der Waals surface area (Å²) in [7, 11) is 1.60. The first-order valence-electron chi connectivity index (χ1n) is 6.11. The summed E-state index contributed by atoms with van der Waals surface area (Å²) in [5.74, 6) is 0.885. The van der Waals surface area contributed by atoms with E-state index in [9.17, 15) is 4.79 Å². The zero-order chi connectivity index (χ0) is 13.8. The minimum Gasteiger partial charge on any atom is -0.497 e. The second-order valence-electron chi connectivity index (χ2n) is 4.64. The maximum atomic E-state index is 12.1.